The Hall–Kier alpha value is -1.61. The van der Waals surface area contributed by atoms with E-state index < -0.39 is 0 Å². The number of rotatable bonds is 5. The summed E-state index contributed by atoms with van der Waals surface area (Å²) in [6.07, 6.45) is 2.24. The lowest BCUT2D eigenvalue weighted by molar-refractivity contribution is 0.687. The van der Waals surface area contributed by atoms with Crippen molar-refractivity contribution in [3.63, 3.8) is 0 Å². The van der Waals surface area contributed by atoms with Crippen molar-refractivity contribution in [2.24, 2.45) is 0 Å². The van der Waals surface area contributed by atoms with Gasteiger partial charge in [0.2, 0.25) is 0 Å². The lowest BCUT2D eigenvalue weighted by Gasteiger charge is -2.14. The van der Waals surface area contributed by atoms with Gasteiger partial charge in [-0.25, -0.2) is 9.97 Å². The molecule has 1 atom stereocenters. The van der Waals surface area contributed by atoms with Crippen LogP contribution < -0.4 is 5.32 Å². The number of anilines is 1. The van der Waals surface area contributed by atoms with Crippen molar-refractivity contribution < 1.29 is 0 Å². The normalized spacial score (nSPS) is 12.2. The summed E-state index contributed by atoms with van der Waals surface area (Å²) < 4.78 is 0. The Morgan fingerprint density at radius 3 is 2.63 bits per heavy atom. The van der Waals surface area contributed by atoms with E-state index in [0.29, 0.717) is 17.0 Å². The highest BCUT2D eigenvalue weighted by molar-refractivity contribution is 6.29. The summed E-state index contributed by atoms with van der Waals surface area (Å²) in [7, 11) is 0. The molecule has 0 aliphatic heterocycles. The van der Waals surface area contributed by atoms with Gasteiger partial charge in [0.15, 0.2) is 5.82 Å². The molecule has 1 unspecified atom stereocenters. The van der Waals surface area contributed by atoms with Crippen LogP contribution >= 0.6 is 11.6 Å². The first-order valence-corrected chi connectivity index (χ1v) is 6.93. The molecule has 2 aromatic rings. The lowest BCUT2D eigenvalue weighted by Crippen LogP contribution is -2.15. The molecule has 0 fully saturated rings. The Balaban J connectivity index is 2.25. The lowest BCUT2D eigenvalue weighted by atomic mass is 10.2. The van der Waals surface area contributed by atoms with E-state index in [1.165, 1.54) is 0 Å². The average Bonchev–Trinajstić information content (AvgIpc) is 2.39. The van der Waals surface area contributed by atoms with Gasteiger partial charge < -0.3 is 5.32 Å². The molecule has 4 heteroatoms. The summed E-state index contributed by atoms with van der Waals surface area (Å²) in [4.78, 5) is 8.79. The molecule has 1 N–H and O–H groups in total. The molecule has 2 rings (SSSR count). The molecule has 19 heavy (non-hydrogen) atoms. The quantitative estimate of drug-likeness (QED) is 0.822. The Labute approximate surface area is 119 Å². The predicted octanol–water partition coefficient (Wildman–Crippen LogP) is 4.40. The van der Waals surface area contributed by atoms with Crippen molar-refractivity contribution in [2.75, 3.05) is 5.32 Å². The van der Waals surface area contributed by atoms with Gasteiger partial charge in [0.1, 0.15) is 11.0 Å². The van der Waals surface area contributed by atoms with Gasteiger partial charge in [-0.1, -0.05) is 55.3 Å². The van der Waals surface area contributed by atoms with Gasteiger partial charge in [0, 0.05) is 17.7 Å². The van der Waals surface area contributed by atoms with Crippen molar-refractivity contribution in [2.45, 2.75) is 32.7 Å². The van der Waals surface area contributed by atoms with Crippen molar-refractivity contribution >= 4 is 17.4 Å². The maximum absolute atomic E-state index is 6.07. The highest BCUT2D eigenvalue weighted by Crippen LogP contribution is 2.20. The smallest absolute Gasteiger partial charge is 0.163 e. The summed E-state index contributed by atoms with van der Waals surface area (Å²) in [6.45, 7) is 4.31. The van der Waals surface area contributed by atoms with E-state index >= 15 is 0 Å². The van der Waals surface area contributed by atoms with Crippen LogP contribution in [-0.2, 0) is 0 Å². The van der Waals surface area contributed by atoms with Crippen LogP contribution in [0.3, 0.4) is 0 Å². The van der Waals surface area contributed by atoms with Crippen LogP contribution in [0.1, 0.15) is 26.7 Å². The van der Waals surface area contributed by atoms with Gasteiger partial charge in [-0.15, -0.1) is 0 Å². The summed E-state index contributed by atoms with van der Waals surface area (Å²) in [5, 5.41) is 3.82. The van der Waals surface area contributed by atoms with Gasteiger partial charge >= 0.3 is 0 Å². The van der Waals surface area contributed by atoms with Crippen molar-refractivity contribution in [1.82, 2.24) is 9.97 Å². The van der Waals surface area contributed by atoms with Crippen LogP contribution in [0.25, 0.3) is 11.4 Å². The first-order valence-electron chi connectivity index (χ1n) is 6.55. The van der Waals surface area contributed by atoms with Crippen LogP contribution in [0.5, 0.6) is 0 Å². The Bertz CT molecular complexity index is 528. The number of hydrogen-bond donors (Lipinski definition) is 1. The van der Waals surface area contributed by atoms with Crippen LogP contribution in [-0.4, -0.2) is 16.0 Å². The number of nitrogens with zero attached hydrogens (tertiary/aromatic N) is 2. The third-order valence-corrected chi connectivity index (χ3v) is 3.04. The number of aromatic nitrogens is 2. The minimum atomic E-state index is 0.375. The molecule has 0 amide bonds. The molecule has 0 saturated heterocycles. The van der Waals surface area contributed by atoms with Gasteiger partial charge in [-0.05, 0) is 13.3 Å². The Kier molecular flexibility index (Phi) is 4.74. The largest absolute Gasteiger partial charge is 0.367 e. The summed E-state index contributed by atoms with van der Waals surface area (Å²) in [5.41, 5.74) is 0.969. The standard InChI is InChI=1S/C15H18ClN3/c1-3-7-11(2)17-14-10-13(16)18-15(19-14)12-8-5-4-6-9-12/h4-6,8-11H,3,7H2,1-2H3,(H,17,18,19). The first kappa shape index (κ1) is 13.8. The summed E-state index contributed by atoms with van der Waals surface area (Å²) in [6, 6.07) is 12.0. The maximum Gasteiger partial charge on any atom is 0.163 e. The molecule has 0 saturated carbocycles. The molecule has 0 aliphatic rings. The fraction of sp³-hybridized carbons (Fsp3) is 0.333. The van der Waals surface area contributed by atoms with Gasteiger partial charge in [0.25, 0.3) is 0 Å². The molecule has 0 aliphatic carbocycles. The van der Waals surface area contributed by atoms with Crippen LogP contribution in [0.2, 0.25) is 5.15 Å². The highest BCUT2D eigenvalue weighted by atomic mass is 35.5. The zero-order chi connectivity index (χ0) is 13.7. The van der Waals surface area contributed by atoms with E-state index in [9.17, 15) is 0 Å². The second-order valence-electron chi connectivity index (χ2n) is 4.60. The number of nitrogens with one attached hydrogen (secondary N) is 1. The van der Waals surface area contributed by atoms with Crippen molar-refractivity contribution in [3.05, 3.63) is 41.6 Å². The van der Waals surface area contributed by atoms with Gasteiger partial charge in [-0.3, -0.25) is 0 Å². The fourth-order valence-corrected chi connectivity index (χ4v) is 2.15. The zero-order valence-corrected chi connectivity index (χ0v) is 12.0. The van der Waals surface area contributed by atoms with Crippen molar-refractivity contribution in [1.29, 1.82) is 0 Å². The zero-order valence-electron chi connectivity index (χ0n) is 11.2. The van der Waals surface area contributed by atoms with Gasteiger partial charge in [0.05, 0.1) is 0 Å². The number of halogens is 1. The topological polar surface area (TPSA) is 37.8 Å². The molecule has 1 heterocycles. The average molecular weight is 276 g/mol. The van der Waals surface area contributed by atoms with E-state index in [1.807, 2.05) is 30.3 Å². The molecular weight excluding hydrogens is 258 g/mol. The molecule has 0 radical (unpaired) electrons. The molecule has 0 spiro atoms. The van der Waals surface area contributed by atoms with E-state index in [2.05, 4.69) is 29.1 Å². The predicted molar refractivity (Wildman–Crippen MR) is 80.5 cm³/mol. The molecule has 1 aromatic carbocycles. The minimum absolute atomic E-state index is 0.375. The van der Waals surface area contributed by atoms with E-state index in [0.717, 1.165) is 24.2 Å². The van der Waals surface area contributed by atoms with Crippen LogP contribution in [0.4, 0.5) is 5.82 Å². The number of hydrogen-bond acceptors (Lipinski definition) is 3. The Morgan fingerprint density at radius 1 is 1.21 bits per heavy atom. The maximum atomic E-state index is 6.07. The molecule has 0 bridgehead atoms. The Morgan fingerprint density at radius 2 is 1.95 bits per heavy atom. The SMILES string of the molecule is CCCC(C)Nc1cc(Cl)nc(-c2ccccc2)n1. The molecule has 1 aromatic heterocycles. The fourth-order valence-electron chi connectivity index (χ4n) is 1.97. The monoisotopic (exact) mass is 275 g/mol. The highest BCUT2D eigenvalue weighted by Gasteiger charge is 2.07. The van der Waals surface area contributed by atoms with Crippen LogP contribution in [0.15, 0.2) is 36.4 Å². The van der Waals surface area contributed by atoms with E-state index in [1.54, 1.807) is 6.07 Å². The van der Waals surface area contributed by atoms with E-state index in [-0.39, 0.29) is 0 Å². The summed E-state index contributed by atoms with van der Waals surface area (Å²) in [5.74, 6) is 1.43. The third kappa shape index (κ3) is 3.93. The van der Waals surface area contributed by atoms with Crippen LogP contribution in [0, 0.1) is 0 Å². The molecular formula is C15H18ClN3. The molecule has 100 valence electrons. The van der Waals surface area contributed by atoms with Gasteiger partial charge in [-0.2, -0.15) is 0 Å². The number of benzene rings is 1. The first-order chi connectivity index (χ1) is 9.19. The summed E-state index contributed by atoms with van der Waals surface area (Å²) >= 11 is 6.07. The third-order valence-electron chi connectivity index (χ3n) is 2.84. The second-order valence-corrected chi connectivity index (χ2v) is 4.99. The van der Waals surface area contributed by atoms with Crippen molar-refractivity contribution in [3.8, 4) is 11.4 Å². The minimum Gasteiger partial charge on any atom is -0.367 e. The molecule has 3 nitrogen and oxygen atoms in total. The van der Waals surface area contributed by atoms with E-state index in [4.69, 9.17) is 11.6 Å². The second kappa shape index (κ2) is 6.53.